The van der Waals surface area contributed by atoms with Crippen molar-refractivity contribution in [3.05, 3.63) is 82.7 Å². The van der Waals surface area contributed by atoms with Gasteiger partial charge in [-0.05, 0) is 69.5 Å². The summed E-state index contributed by atoms with van der Waals surface area (Å²) in [5.41, 5.74) is 5.68. The molecule has 1 aliphatic heterocycles. The number of likely N-dealkylation sites (tertiary alicyclic amines) is 1. The van der Waals surface area contributed by atoms with Crippen LogP contribution in [0.4, 0.5) is 5.69 Å². The molecule has 30 heavy (non-hydrogen) atoms. The van der Waals surface area contributed by atoms with E-state index >= 15 is 0 Å². The first-order valence-corrected chi connectivity index (χ1v) is 10.4. The number of carbonyl (C=O) groups excluding carboxylic acids is 2. The highest BCUT2D eigenvalue weighted by atomic mass is 16.2. The first kappa shape index (κ1) is 20.0. The largest absolute Gasteiger partial charge is 0.339 e. The van der Waals surface area contributed by atoms with Crippen LogP contribution in [0.3, 0.4) is 0 Å². The highest BCUT2D eigenvalue weighted by Crippen LogP contribution is 2.25. The molecule has 0 unspecified atom stereocenters. The molecule has 0 spiro atoms. The lowest BCUT2D eigenvalue weighted by Gasteiger charge is -2.18. The molecule has 2 aromatic carbocycles. The molecule has 0 bridgehead atoms. The number of rotatable bonds is 4. The van der Waals surface area contributed by atoms with E-state index in [0.717, 1.165) is 48.6 Å². The Morgan fingerprint density at radius 3 is 2.27 bits per heavy atom. The molecule has 1 aromatic heterocycles. The standard InChI is InChI=1S/C25H27N3O2/c1-17-16-22(19(3)28(17)20-10-5-4-6-11-20)24(29)26-23-13-9-12-21(18(23)2)25(30)27-14-7-8-15-27/h4-6,9-13,16H,7-8,14-15H2,1-3H3,(H,26,29). The van der Waals surface area contributed by atoms with Gasteiger partial charge in [0.1, 0.15) is 0 Å². The smallest absolute Gasteiger partial charge is 0.257 e. The minimum absolute atomic E-state index is 0.0448. The molecule has 4 rings (SSSR count). The van der Waals surface area contributed by atoms with Crippen LogP contribution in [0.15, 0.2) is 54.6 Å². The van der Waals surface area contributed by atoms with Crippen LogP contribution in [-0.4, -0.2) is 34.4 Å². The van der Waals surface area contributed by atoms with E-state index in [1.165, 1.54) is 0 Å². The minimum Gasteiger partial charge on any atom is -0.339 e. The first-order valence-electron chi connectivity index (χ1n) is 10.4. The topological polar surface area (TPSA) is 54.3 Å². The first-order chi connectivity index (χ1) is 14.5. The molecular weight excluding hydrogens is 374 g/mol. The zero-order chi connectivity index (χ0) is 21.3. The fourth-order valence-electron chi connectivity index (χ4n) is 4.25. The monoisotopic (exact) mass is 401 g/mol. The van der Waals surface area contributed by atoms with Gasteiger partial charge in [0.25, 0.3) is 11.8 Å². The molecule has 1 saturated heterocycles. The van der Waals surface area contributed by atoms with Crippen molar-refractivity contribution in [3.63, 3.8) is 0 Å². The summed E-state index contributed by atoms with van der Waals surface area (Å²) in [5, 5.41) is 3.02. The second kappa shape index (κ2) is 8.19. The van der Waals surface area contributed by atoms with Crippen LogP contribution < -0.4 is 5.32 Å². The van der Waals surface area contributed by atoms with Gasteiger partial charge >= 0.3 is 0 Å². The second-order valence-electron chi connectivity index (χ2n) is 7.89. The molecular formula is C25H27N3O2. The number of anilines is 1. The molecule has 1 fully saturated rings. The van der Waals surface area contributed by atoms with Crippen LogP contribution in [0.1, 0.15) is 50.5 Å². The van der Waals surface area contributed by atoms with Crippen molar-refractivity contribution in [2.24, 2.45) is 0 Å². The van der Waals surface area contributed by atoms with Crippen molar-refractivity contribution in [2.75, 3.05) is 18.4 Å². The number of nitrogens with zero attached hydrogens (tertiary/aromatic N) is 2. The third-order valence-electron chi connectivity index (χ3n) is 5.90. The number of hydrogen-bond donors (Lipinski definition) is 1. The predicted octanol–water partition coefficient (Wildman–Crippen LogP) is 4.89. The zero-order valence-electron chi connectivity index (χ0n) is 17.7. The summed E-state index contributed by atoms with van der Waals surface area (Å²) in [4.78, 5) is 27.8. The molecule has 0 atom stereocenters. The van der Waals surface area contributed by atoms with Crippen LogP contribution in [0, 0.1) is 20.8 Å². The number of amides is 2. The molecule has 0 radical (unpaired) electrons. The summed E-state index contributed by atoms with van der Waals surface area (Å²) in [5.74, 6) is -0.123. The molecule has 5 nitrogen and oxygen atoms in total. The molecule has 154 valence electrons. The van der Waals surface area contributed by atoms with Crippen molar-refractivity contribution in [1.29, 1.82) is 0 Å². The summed E-state index contributed by atoms with van der Waals surface area (Å²) in [6, 6.07) is 17.4. The van der Waals surface area contributed by atoms with E-state index in [4.69, 9.17) is 0 Å². The molecule has 5 heteroatoms. The Bertz CT molecular complexity index is 1090. The van der Waals surface area contributed by atoms with E-state index in [9.17, 15) is 9.59 Å². The van der Waals surface area contributed by atoms with Crippen molar-refractivity contribution in [1.82, 2.24) is 9.47 Å². The van der Waals surface area contributed by atoms with Crippen molar-refractivity contribution in [2.45, 2.75) is 33.6 Å². The van der Waals surface area contributed by atoms with Crippen LogP contribution in [0.5, 0.6) is 0 Å². The maximum atomic E-state index is 13.1. The SMILES string of the molecule is Cc1c(NC(=O)c2cc(C)n(-c3ccccc3)c2C)cccc1C(=O)N1CCCC1. The second-order valence-corrected chi connectivity index (χ2v) is 7.89. The zero-order valence-corrected chi connectivity index (χ0v) is 17.7. The lowest BCUT2D eigenvalue weighted by atomic mass is 10.0. The summed E-state index contributed by atoms with van der Waals surface area (Å²) < 4.78 is 2.08. The van der Waals surface area contributed by atoms with Crippen LogP contribution in [0.25, 0.3) is 5.69 Å². The predicted molar refractivity (Wildman–Crippen MR) is 120 cm³/mol. The van der Waals surface area contributed by atoms with E-state index in [1.807, 2.05) is 80.3 Å². The molecule has 2 amide bonds. The minimum atomic E-state index is -0.167. The summed E-state index contributed by atoms with van der Waals surface area (Å²) >= 11 is 0. The van der Waals surface area contributed by atoms with Crippen molar-refractivity contribution in [3.8, 4) is 5.69 Å². The average molecular weight is 402 g/mol. The lowest BCUT2D eigenvalue weighted by Crippen LogP contribution is -2.28. The quantitative estimate of drug-likeness (QED) is 0.677. The Morgan fingerprint density at radius 2 is 1.57 bits per heavy atom. The Balaban J connectivity index is 1.61. The molecule has 0 saturated carbocycles. The van der Waals surface area contributed by atoms with Gasteiger partial charge < -0.3 is 14.8 Å². The number of aryl methyl sites for hydroxylation is 1. The molecule has 2 heterocycles. The summed E-state index contributed by atoms with van der Waals surface area (Å²) in [7, 11) is 0. The highest BCUT2D eigenvalue weighted by Gasteiger charge is 2.23. The number of carbonyl (C=O) groups is 2. The Labute approximate surface area is 177 Å². The van der Waals surface area contributed by atoms with Crippen LogP contribution in [0.2, 0.25) is 0 Å². The highest BCUT2D eigenvalue weighted by molar-refractivity contribution is 6.07. The van der Waals surface area contributed by atoms with Crippen LogP contribution >= 0.6 is 0 Å². The Kier molecular flexibility index (Phi) is 5.44. The van der Waals surface area contributed by atoms with Gasteiger partial charge in [-0.1, -0.05) is 24.3 Å². The lowest BCUT2D eigenvalue weighted by molar-refractivity contribution is 0.0791. The number of para-hydroxylation sites is 1. The van der Waals surface area contributed by atoms with E-state index < -0.39 is 0 Å². The number of hydrogen-bond acceptors (Lipinski definition) is 2. The number of aromatic nitrogens is 1. The molecule has 0 aliphatic carbocycles. The third-order valence-corrected chi connectivity index (χ3v) is 5.90. The number of benzene rings is 2. The van der Waals surface area contributed by atoms with Gasteiger partial charge in [0.15, 0.2) is 0 Å². The van der Waals surface area contributed by atoms with Gasteiger partial charge in [-0.2, -0.15) is 0 Å². The van der Waals surface area contributed by atoms with E-state index in [2.05, 4.69) is 9.88 Å². The fraction of sp³-hybridized carbons (Fsp3) is 0.280. The number of nitrogens with one attached hydrogen (secondary N) is 1. The third kappa shape index (κ3) is 3.63. The van der Waals surface area contributed by atoms with Gasteiger partial charge in [-0.15, -0.1) is 0 Å². The van der Waals surface area contributed by atoms with Crippen molar-refractivity contribution < 1.29 is 9.59 Å². The average Bonchev–Trinajstić information content (AvgIpc) is 3.38. The van der Waals surface area contributed by atoms with E-state index in [-0.39, 0.29) is 11.8 Å². The summed E-state index contributed by atoms with van der Waals surface area (Å²) in [6.07, 6.45) is 2.11. The van der Waals surface area contributed by atoms with Crippen molar-refractivity contribution >= 4 is 17.5 Å². The normalized spacial score (nSPS) is 13.5. The Morgan fingerprint density at radius 1 is 0.867 bits per heavy atom. The maximum absolute atomic E-state index is 13.1. The van der Waals surface area contributed by atoms with Gasteiger partial charge in [-0.3, -0.25) is 9.59 Å². The summed E-state index contributed by atoms with van der Waals surface area (Å²) in [6.45, 7) is 7.46. The van der Waals surface area contributed by atoms with Gasteiger partial charge in [-0.25, -0.2) is 0 Å². The Hall–Kier alpha value is -3.34. The molecule has 3 aromatic rings. The fourth-order valence-corrected chi connectivity index (χ4v) is 4.25. The molecule has 1 aliphatic rings. The van der Waals surface area contributed by atoms with Gasteiger partial charge in [0, 0.05) is 41.4 Å². The van der Waals surface area contributed by atoms with Gasteiger partial charge in [0.05, 0.1) is 5.56 Å². The van der Waals surface area contributed by atoms with Crippen LogP contribution in [-0.2, 0) is 0 Å². The maximum Gasteiger partial charge on any atom is 0.257 e. The van der Waals surface area contributed by atoms with E-state index in [0.29, 0.717) is 16.8 Å². The van der Waals surface area contributed by atoms with E-state index in [1.54, 1.807) is 0 Å². The van der Waals surface area contributed by atoms with Gasteiger partial charge in [0.2, 0.25) is 0 Å². The molecule has 1 N–H and O–H groups in total.